The van der Waals surface area contributed by atoms with E-state index in [9.17, 15) is 4.79 Å². The monoisotopic (exact) mass is 353 g/mol. The van der Waals surface area contributed by atoms with Gasteiger partial charge < -0.3 is 14.2 Å². The molecule has 1 aliphatic heterocycles. The number of carbonyl (C=O) groups is 1. The van der Waals surface area contributed by atoms with E-state index in [2.05, 4.69) is 15.2 Å². The molecule has 9 heteroatoms. The van der Waals surface area contributed by atoms with Gasteiger partial charge in [-0.3, -0.25) is 9.48 Å². The van der Waals surface area contributed by atoms with Crippen LogP contribution in [-0.4, -0.2) is 49.9 Å². The standard InChI is InChI=1S/C15H20ClN5O3/c1-3-21-8-12(16)14(18-21)15(22)20-6-4-5-11(7-20)23-9-13-17-10(2)19-24-13/h8,11H,3-7,9H2,1-2H3/t11-/m1/s1. The van der Waals surface area contributed by atoms with Crippen molar-refractivity contribution in [2.45, 2.75) is 45.9 Å². The molecular weight excluding hydrogens is 334 g/mol. The van der Waals surface area contributed by atoms with Crippen LogP contribution in [0.3, 0.4) is 0 Å². The molecule has 3 rings (SSSR count). The molecule has 8 nitrogen and oxygen atoms in total. The summed E-state index contributed by atoms with van der Waals surface area (Å²) in [4.78, 5) is 18.5. The Morgan fingerprint density at radius 1 is 1.54 bits per heavy atom. The van der Waals surface area contributed by atoms with Gasteiger partial charge >= 0.3 is 0 Å². The van der Waals surface area contributed by atoms with Gasteiger partial charge in [-0.1, -0.05) is 16.8 Å². The number of aromatic nitrogens is 4. The van der Waals surface area contributed by atoms with Crippen LogP contribution in [-0.2, 0) is 17.9 Å². The number of halogens is 1. The van der Waals surface area contributed by atoms with Crippen molar-refractivity contribution < 1.29 is 14.1 Å². The van der Waals surface area contributed by atoms with Crippen LogP contribution >= 0.6 is 11.6 Å². The van der Waals surface area contributed by atoms with E-state index in [1.807, 2.05) is 6.92 Å². The predicted octanol–water partition coefficient (Wildman–Crippen LogP) is 2.07. The van der Waals surface area contributed by atoms with Gasteiger partial charge in [-0.05, 0) is 26.7 Å². The number of likely N-dealkylation sites (tertiary alicyclic amines) is 1. The summed E-state index contributed by atoms with van der Waals surface area (Å²) in [6.45, 7) is 5.80. The van der Waals surface area contributed by atoms with Crippen molar-refractivity contribution in [1.82, 2.24) is 24.8 Å². The molecule has 0 aliphatic carbocycles. The first-order valence-corrected chi connectivity index (χ1v) is 8.37. The third-order valence-corrected chi connectivity index (χ3v) is 4.20. The molecule has 0 radical (unpaired) electrons. The minimum atomic E-state index is -0.158. The van der Waals surface area contributed by atoms with Crippen molar-refractivity contribution in [3.8, 4) is 0 Å². The van der Waals surface area contributed by atoms with E-state index in [4.69, 9.17) is 20.9 Å². The van der Waals surface area contributed by atoms with Crippen molar-refractivity contribution in [2.24, 2.45) is 0 Å². The summed E-state index contributed by atoms with van der Waals surface area (Å²) in [5, 5.41) is 8.35. The summed E-state index contributed by atoms with van der Waals surface area (Å²) in [7, 11) is 0. The number of hydrogen-bond acceptors (Lipinski definition) is 6. The molecule has 0 bridgehead atoms. The molecule has 0 unspecified atom stereocenters. The van der Waals surface area contributed by atoms with E-state index in [0.717, 1.165) is 12.8 Å². The maximum atomic E-state index is 12.6. The highest BCUT2D eigenvalue weighted by Gasteiger charge is 2.28. The minimum Gasteiger partial charge on any atom is -0.367 e. The highest BCUT2D eigenvalue weighted by molar-refractivity contribution is 6.33. The third-order valence-electron chi connectivity index (χ3n) is 3.92. The van der Waals surface area contributed by atoms with Gasteiger partial charge in [0.1, 0.15) is 6.61 Å². The van der Waals surface area contributed by atoms with Crippen molar-refractivity contribution in [2.75, 3.05) is 13.1 Å². The van der Waals surface area contributed by atoms with E-state index < -0.39 is 0 Å². The smallest absolute Gasteiger partial charge is 0.276 e. The number of amides is 1. The molecule has 2 aromatic heterocycles. The van der Waals surface area contributed by atoms with Crippen LogP contribution in [0, 0.1) is 6.92 Å². The fraction of sp³-hybridized carbons (Fsp3) is 0.600. The van der Waals surface area contributed by atoms with Gasteiger partial charge in [0.15, 0.2) is 11.5 Å². The Kier molecular flexibility index (Phi) is 5.15. The molecule has 0 N–H and O–H groups in total. The quantitative estimate of drug-likeness (QED) is 0.817. The molecule has 1 fully saturated rings. The molecule has 0 aromatic carbocycles. The molecule has 0 spiro atoms. The van der Waals surface area contributed by atoms with E-state index in [0.29, 0.717) is 42.1 Å². The van der Waals surface area contributed by atoms with E-state index in [1.54, 1.807) is 22.7 Å². The molecular formula is C15H20ClN5O3. The molecule has 0 saturated carbocycles. The Hall–Kier alpha value is -1.93. The molecule has 1 aliphatic rings. The molecule has 1 atom stereocenters. The number of carbonyl (C=O) groups excluding carboxylic acids is 1. The first-order valence-electron chi connectivity index (χ1n) is 7.99. The number of hydrogen-bond donors (Lipinski definition) is 0. The van der Waals surface area contributed by atoms with Gasteiger partial charge in [0.05, 0.1) is 11.1 Å². The van der Waals surface area contributed by atoms with E-state index in [-0.39, 0.29) is 18.6 Å². The Morgan fingerprint density at radius 3 is 3.04 bits per heavy atom. The predicted molar refractivity (Wildman–Crippen MR) is 85.7 cm³/mol. The average molecular weight is 354 g/mol. The maximum Gasteiger partial charge on any atom is 0.276 e. The summed E-state index contributed by atoms with van der Waals surface area (Å²) < 4.78 is 12.5. The largest absolute Gasteiger partial charge is 0.367 e. The van der Waals surface area contributed by atoms with Gasteiger partial charge in [-0.2, -0.15) is 10.1 Å². The van der Waals surface area contributed by atoms with E-state index in [1.165, 1.54) is 0 Å². The normalized spacial score (nSPS) is 18.1. The Bertz CT molecular complexity index is 714. The summed E-state index contributed by atoms with van der Waals surface area (Å²) >= 11 is 6.13. The van der Waals surface area contributed by atoms with Crippen LogP contribution in [0.1, 0.15) is 42.0 Å². The fourth-order valence-electron chi connectivity index (χ4n) is 2.70. The highest BCUT2D eigenvalue weighted by Crippen LogP contribution is 2.20. The van der Waals surface area contributed by atoms with Crippen molar-refractivity contribution in [3.63, 3.8) is 0 Å². The molecule has 1 saturated heterocycles. The lowest BCUT2D eigenvalue weighted by Gasteiger charge is -2.32. The van der Waals surface area contributed by atoms with Crippen LogP contribution in [0.5, 0.6) is 0 Å². The lowest BCUT2D eigenvalue weighted by Crippen LogP contribution is -2.43. The SMILES string of the molecule is CCn1cc(Cl)c(C(=O)N2CCC[C@@H](OCc3nc(C)no3)C2)n1. The Morgan fingerprint density at radius 2 is 2.38 bits per heavy atom. The van der Waals surface area contributed by atoms with Crippen LogP contribution in [0.15, 0.2) is 10.7 Å². The number of rotatable bonds is 5. The summed E-state index contributed by atoms with van der Waals surface area (Å²) in [6.07, 6.45) is 3.35. The second kappa shape index (κ2) is 7.31. The number of piperidine rings is 1. The van der Waals surface area contributed by atoms with Crippen molar-refractivity contribution in [3.05, 3.63) is 28.6 Å². The minimum absolute atomic E-state index is 0.0676. The average Bonchev–Trinajstić information content (AvgIpc) is 3.18. The fourth-order valence-corrected chi connectivity index (χ4v) is 2.93. The number of aryl methyl sites for hydroxylation is 2. The van der Waals surface area contributed by atoms with Gasteiger partial charge in [0.25, 0.3) is 11.8 Å². The second-order valence-corrected chi connectivity index (χ2v) is 6.15. The van der Waals surface area contributed by atoms with E-state index >= 15 is 0 Å². The second-order valence-electron chi connectivity index (χ2n) is 5.74. The molecule has 3 heterocycles. The van der Waals surface area contributed by atoms with Gasteiger partial charge in [0, 0.05) is 25.8 Å². The van der Waals surface area contributed by atoms with Gasteiger partial charge in [-0.15, -0.1) is 0 Å². The zero-order valence-corrected chi connectivity index (χ0v) is 14.5. The Balaban J connectivity index is 1.60. The van der Waals surface area contributed by atoms with Crippen LogP contribution < -0.4 is 0 Å². The van der Waals surface area contributed by atoms with Crippen LogP contribution in [0.4, 0.5) is 0 Å². The summed E-state index contributed by atoms with van der Waals surface area (Å²) in [5.74, 6) is 0.866. The van der Waals surface area contributed by atoms with Gasteiger partial charge in [-0.25, -0.2) is 0 Å². The van der Waals surface area contributed by atoms with Crippen molar-refractivity contribution in [1.29, 1.82) is 0 Å². The first-order chi connectivity index (χ1) is 11.6. The highest BCUT2D eigenvalue weighted by atomic mass is 35.5. The number of nitrogens with zero attached hydrogens (tertiary/aromatic N) is 5. The third kappa shape index (κ3) is 3.76. The summed E-state index contributed by atoms with van der Waals surface area (Å²) in [6, 6.07) is 0. The van der Waals surface area contributed by atoms with Crippen LogP contribution in [0.2, 0.25) is 5.02 Å². The lowest BCUT2D eigenvalue weighted by atomic mass is 10.1. The molecule has 130 valence electrons. The molecule has 2 aromatic rings. The maximum absolute atomic E-state index is 12.6. The van der Waals surface area contributed by atoms with Crippen LogP contribution in [0.25, 0.3) is 0 Å². The van der Waals surface area contributed by atoms with Crippen molar-refractivity contribution >= 4 is 17.5 Å². The zero-order valence-electron chi connectivity index (χ0n) is 13.7. The zero-order chi connectivity index (χ0) is 17.1. The lowest BCUT2D eigenvalue weighted by molar-refractivity contribution is -0.0155. The van der Waals surface area contributed by atoms with Gasteiger partial charge in [0.2, 0.25) is 0 Å². The topological polar surface area (TPSA) is 86.3 Å². The molecule has 1 amide bonds. The summed E-state index contributed by atoms with van der Waals surface area (Å²) in [5.41, 5.74) is 0.298. The Labute approximate surface area is 144 Å². The first kappa shape index (κ1) is 16.9. The number of ether oxygens (including phenoxy) is 1. The molecule has 24 heavy (non-hydrogen) atoms.